The van der Waals surface area contributed by atoms with Crippen molar-refractivity contribution in [2.45, 2.75) is 6.18 Å². The summed E-state index contributed by atoms with van der Waals surface area (Å²) >= 11 is 0. The first kappa shape index (κ1) is 11.4. The maximum Gasteiger partial charge on any atom is 0.417 e. The van der Waals surface area contributed by atoms with Crippen LogP contribution in [0.15, 0.2) is 36.7 Å². The molecule has 0 aliphatic carbocycles. The molecule has 2 rings (SSSR count). The van der Waals surface area contributed by atoms with E-state index in [1.807, 2.05) is 0 Å². The SMILES string of the molecule is Nc1cccc(-c2cncc(C(F)(F)F)c2)n1. The molecule has 0 atom stereocenters. The number of rotatable bonds is 1. The Morgan fingerprint density at radius 3 is 2.53 bits per heavy atom. The van der Waals surface area contributed by atoms with Crippen LogP contribution in [0.3, 0.4) is 0 Å². The van der Waals surface area contributed by atoms with E-state index in [1.54, 1.807) is 18.2 Å². The van der Waals surface area contributed by atoms with Crippen LogP contribution in [0.5, 0.6) is 0 Å². The highest BCUT2D eigenvalue weighted by molar-refractivity contribution is 5.60. The Labute approximate surface area is 95.1 Å². The maximum absolute atomic E-state index is 12.5. The summed E-state index contributed by atoms with van der Waals surface area (Å²) in [6.07, 6.45) is -2.32. The molecular weight excluding hydrogens is 231 g/mol. The molecule has 0 unspecified atom stereocenters. The van der Waals surface area contributed by atoms with Gasteiger partial charge < -0.3 is 5.73 Å². The minimum atomic E-state index is -4.41. The molecule has 3 nitrogen and oxygen atoms in total. The van der Waals surface area contributed by atoms with Gasteiger partial charge in [0.1, 0.15) is 5.82 Å². The van der Waals surface area contributed by atoms with Gasteiger partial charge in [0.25, 0.3) is 0 Å². The Kier molecular flexibility index (Phi) is 2.71. The van der Waals surface area contributed by atoms with E-state index in [0.717, 1.165) is 12.3 Å². The summed E-state index contributed by atoms with van der Waals surface area (Å²) in [4.78, 5) is 7.49. The van der Waals surface area contributed by atoms with E-state index >= 15 is 0 Å². The highest BCUT2D eigenvalue weighted by Gasteiger charge is 2.31. The summed E-state index contributed by atoms with van der Waals surface area (Å²) in [5.74, 6) is 0.250. The van der Waals surface area contributed by atoms with Gasteiger partial charge in [-0.15, -0.1) is 0 Å². The molecular formula is C11H8F3N3. The van der Waals surface area contributed by atoms with Gasteiger partial charge in [0.2, 0.25) is 0 Å². The average molecular weight is 239 g/mol. The molecule has 2 N–H and O–H groups in total. The lowest BCUT2D eigenvalue weighted by molar-refractivity contribution is -0.137. The van der Waals surface area contributed by atoms with Crippen LogP contribution in [-0.2, 0) is 6.18 Å². The molecule has 2 aromatic rings. The Morgan fingerprint density at radius 2 is 1.88 bits per heavy atom. The van der Waals surface area contributed by atoms with Crippen LogP contribution in [0.25, 0.3) is 11.3 Å². The fraction of sp³-hybridized carbons (Fsp3) is 0.0909. The second kappa shape index (κ2) is 4.04. The first-order valence-electron chi connectivity index (χ1n) is 4.72. The molecule has 0 saturated carbocycles. The first-order chi connectivity index (χ1) is 7.97. The third kappa shape index (κ3) is 2.52. The minimum Gasteiger partial charge on any atom is -0.384 e. The normalized spacial score (nSPS) is 11.5. The van der Waals surface area contributed by atoms with Crippen LogP contribution in [0.1, 0.15) is 5.56 Å². The molecule has 2 aromatic heterocycles. The van der Waals surface area contributed by atoms with Crippen molar-refractivity contribution in [2.24, 2.45) is 0 Å². The summed E-state index contributed by atoms with van der Waals surface area (Å²) in [6, 6.07) is 5.75. The Bertz CT molecular complexity index is 537. The van der Waals surface area contributed by atoms with Gasteiger partial charge in [-0.05, 0) is 18.2 Å². The molecule has 0 radical (unpaired) electrons. The molecule has 6 heteroatoms. The number of halogens is 3. The van der Waals surface area contributed by atoms with Gasteiger partial charge in [-0.25, -0.2) is 4.98 Å². The first-order valence-corrected chi connectivity index (χ1v) is 4.72. The van der Waals surface area contributed by atoms with Crippen molar-refractivity contribution < 1.29 is 13.2 Å². The predicted octanol–water partition coefficient (Wildman–Crippen LogP) is 2.74. The zero-order valence-corrected chi connectivity index (χ0v) is 8.57. The van der Waals surface area contributed by atoms with Crippen molar-refractivity contribution >= 4 is 5.82 Å². The van der Waals surface area contributed by atoms with E-state index in [-0.39, 0.29) is 11.4 Å². The standard InChI is InChI=1S/C11H8F3N3/c12-11(13,14)8-4-7(5-16-6-8)9-2-1-3-10(15)17-9/h1-6H,(H2,15,17). The Hall–Kier alpha value is -2.11. The van der Waals surface area contributed by atoms with E-state index in [0.29, 0.717) is 5.69 Å². The number of nitrogen functional groups attached to an aromatic ring is 1. The summed E-state index contributed by atoms with van der Waals surface area (Å²) in [5, 5.41) is 0. The summed E-state index contributed by atoms with van der Waals surface area (Å²) in [5.41, 5.74) is 5.31. The number of alkyl halides is 3. The number of nitrogens with two attached hydrogens (primary N) is 1. The van der Waals surface area contributed by atoms with Crippen LogP contribution < -0.4 is 5.73 Å². The molecule has 17 heavy (non-hydrogen) atoms. The van der Waals surface area contributed by atoms with Crippen molar-refractivity contribution in [3.05, 3.63) is 42.2 Å². The van der Waals surface area contributed by atoms with Crippen LogP contribution >= 0.6 is 0 Å². The zero-order chi connectivity index (χ0) is 12.5. The summed E-state index contributed by atoms with van der Waals surface area (Å²) in [6.45, 7) is 0. The van der Waals surface area contributed by atoms with Gasteiger partial charge >= 0.3 is 6.18 Å². The molecule has 88 valence electrons. The molecule has 0 aromatic carbocycles. The van der Waals surface area contributed by atoms with Crippen molar-refractivity contribution in [3.63, 3.8) is 0 Å². The fourth-order valence-corrected chi connectivity index (χ4v) is 1.35. The van der Waals surface area contributed by atoms with Gasteiger partial charge in [0, 0.05) is 18.0 Å². The van der Waals surface area contributed by atoms with Crippen LogP contribution in [0.4, 0.5) is 19.0 Å². The lowest BCUT2D eigenvalue weighted by Gasteiger charge is -2.07. The van der Waals surface area contributed by atoms with Crippen LogP contribution in [0, 0.1) is 0 Å². The monoisotopic (exact) mass is 239 g/mol. The maximum atomic E-state index is 12.5. The smallest absolute Gasteiger partial charge is 0.384 e. The topological polar surface area (TPSA) is 51.8 Å². The van der Waals surface area contributed by atoms with Gasteiger partial charge in [-0.1, -0.05) is 6.07 Å². The van der Waals surface area contributed by atoms with Gasteiger partial charge in [-0.3, -0.25) is 4.98 Å². The second-order valence-electron chi connectivity index (χ2n) is 3.41. The van der Waals surface area contributed by atoms with Crippen molar-refractivity contribution in [3.8, 4) is 11.3 Å². The molecule has 0 aliphatic rings. The molecule has 0 bridgehead atoms. The highest BCUT2D eigenvalue weighted by Crippen LogP contribution is 2.30. The third-order valence-electron chi connectivity index (χ3n) is 2.13. The fourth-order valence-electron chi connectivity index (χ4n) is 1.35. The van der Waals surface area contributed by atoms with Crippen molar-refractivity contribution in [1.82, 2.24) is 9.97 Å². The van der Waals surface area contributed by atoms with Crippen LogP contribution in [-0.4, -0.2) is 9.97 Å². The van der Waals surface area contributed by atoms with Gasteiger partial charge in [-0.2, -0.15) is 13.2 Å². The number of nitrogens with zero attached hydrogens (tertiary/aromatic N) is 2. The molecule has 0 aliphatic heterocycles. The van der Waals surface area contributed by atoms with E-state index in [1.165, 1.54) is 6.20 Å². The molecule has 0 amide bonds. The number of hydrogen-bond donors (Lipinski definition) is 1. The van der Waals surface area contributed by atoms with Crippen molar-refractivity contribution in [1.29, 1.82) is 0 Å². The Balaban J connectivity index is 2.47. The van der Waals surface area contributed by atoms with Gasteiger partial charge in [0.05, 0.1) is 11.3 Å². The van der Waals surface area contributed by atoms with E-state index in [2.05, 4.69) is 9.97 Å². The molecule has 0 spiro atoms. The molecule has 2 heterocycles. The number of anilines is 1. The molecule has 0 fully saturated rings. The summed E-state index contributed by atoms with van der Waals surface area (Å²) in [7, 11) is 0. The quantitative estimate of drug-likeness (QED) is 0.832. The Morgan fingerprint density at radius 1 is 1.12 bits per heavy atom. The average Bonchev–Trinajstić information content (AvgIpc) is 2.28. The summed E-state index contributed by atoms with van der Waals surface area (Å²) < 4.78 is 37.4. The van der Waals surface area contributed by atoms with Crippen LogP contribution in [0.2, 0.25) is 0 Å². The van der Waals surface area contributed by atoms with Gasteiger partial charge in [0.15, 0.2) is 0 Å². The van der Waals surface area contributed by atoms with E-state index < -0.39 is 11.7 Å². The molecule has 0 saturated heterocycles. The lowest BCUT2D eigenvalue weighted by atomic mass is 10.1. The number of pyridine rings is 2. The van der Waals surface area contributed by atoms with E-state index in [9.17, 15) is 13.2 Å². The highest BCUT2D eigenvalue weighted by atomic mass is 19.4. The minimum absolute atomic E-state index is 0.250. The number of aromatic nitrogens is 2. The number of hydrogen-bond acceptors (Lipinski definition) is 3. The second-order valence-corrected chi connectivity index (χ2v) is 3.41. The predicted molar refractivity (Wildman–Crippen MR) is 56.9 cm³/mol. The largest absolute Gasteiger partial charge is 0.417 e. The van der Waals surface area contributed by atoms with E-state index in [4.69, 9.17) is 5.73 Å². The lowest BCUT2D eigenvalue weighted by Crippen LogP contribution is -2.05. The zero-order valence-electron chi connectivity index (χ0n) is 8.57. The third-order valence-corrected chi connectivity index (χ3v) is 2.13. The van der Waals surface area contributed by atoms with Crippen molar-refractivity contribution in [2.75, 3.05) is 5.73 Å².